The molecule has 100 valence electrons. The number of aliphatic hydroxyl groups is 1. The molecule has 1 aliphatic carbocycles. The van der Waals surface area contributed by atoms with Crippen molar-refractivity contribution in [2.24, 2.45) is 5.92 Å². The first kappa shape index (κ1) is 14.1. The van der Waals surface area contributed by atoms with E-state index in [-0.39, 0.29) is 6.10 Å². The molecule has 0 bridgehead atoms. The van der Waals surface area contributed by atoms with Crippen LogP contribution in [0.1, 0.15) is 18.4 Å². The summed E-state index contributed by atoms with van der Waals surface area (Å²) < 4.78 is 0. The summed E-state index contributed by atoms with van der Waals surface area (Å²) in [4.78, 5) is 6.06. The van der Waals surface area contributed by atoms with Crippen LogP contribution in [-0.2, 0) is 6.42 Å². The van der Waals surface area contributed by atoms with Crippen molar-refractivity contribution in [3.63, 3.8) is 0 Å². The van der Waals surface area contributed by atoms with Crippen molar-refractivity contribution in [2.45, 2.75) is 25.4 Å². The van der Waals surface area contributed by atoms with Gasteiger partial charge in [-0.15, -0.1) is 0 Å². The van der Waals surface area contributed by atoms with Crippen molar-refractivity contribution >= 4 is 23.2 Å². The van der Waals surface area contributed by atoms with Gasteiger partial charge in [0.25, 0.3) is 0 Å². The fourth-order valence-corrected chi connectivity index (χ4v) is 2.57. The summed E-state index contributed by atoms with van der Waals surface area (Å²) in [6.07, 6.45) is 6.13. The number of hydrogen-bond acceptors (Lipinski definition) is 3. The van der Waals surface area contributed by atoms with E-state index in [9.17, 15) is 5.11 Å². The summed E-state index contributed by atoms with van der Waals surface area (Å²) in [5.41, 5.74) is 0.932. The molecule has 1 aliphatic rings. The number of hydrogen-bond donors (Lipinski definition) is 1. The second-order valence-electron chi connectivity index (χ2n) is 5.00. The number of halogens is 2. The van der Waals surface area contributed by atoms with E-state index in [4.69, 9.17) is 23.2 Å². The first-order chi connectivity index (χ1) is 8.58. The van der Waals surface area contributed by atoms with Crippen molar-refractivity contribution in [1.82, 2.24) is 9.88 Å². The van der Waals surface area contributed by atoms with Gasteiger partial charge in [-0.25, -0.2) is 0 Å². The largest absolute Gasteiger partial charge is 0.392 e. The molecule has 0 saturated heterocycles. The highest BCUT2D eigenvalue weighted by Crippen LogP contribution is 2.32. The Morgan fingerprint density at radius 3 is 2.56 bits per heavy atom. The van der Waals surface area contributed by atoms with Gasteiger partial charge in [0.05, 0.1) is 16.1 Å². The van der Waals surface area contributed by atoms with E-state index in [2.05, 4.69) is 9.88 Å². The minimum Gasteiger partial charge on any atom is -0.392 e. The van der Waals surface area contributed by atoms with Crippen molar-refractivity contribution < 1.29 is 5.11 Å². The van der Waals surface area contributed by atoms with Crippen LogP contribution in [0.25, 0.3) is 0 Å². The van der Waals surface area contributed by atoms with Gasteiger partial charge in [-0.3, -0.25) is 4.98 Å². The third-order valence-electron chi connectivity index (χ3n) is 3.36. The molecule has 0 aliphatic heterocycles. The molecule has 1 atom stereocenters. The molecule has 0 radical (unpaired) electrons. The van der Waals surface area contributed by atoms with Crippen LogP contribution in [0, 0.1) is 5.92 Å². The van der Waals surface area contributed by atoms with Crippen LogP contribution < -0.4 is 0 Å². The van der Waals surface area contributed by atoms with Crippen LogP contribution >= 0.6 is 23.2 Å². The zero-order valence-corrected chi connectivity index (χ0v) is 12.0. The van der Waals surface area contributed by atoms with E-state index < -0.39 is 0 Å². The Labute approximate surface area is 118 Å². The molecule has 3 nitrogen and oxygen atoms in total. The lowest BCUT2D eigenvalue weighted by Crippen LogP contribution is -2.32. The molecule has 1 fully saturated rings. The molecule has 1 saturated carbocycles. The Balaban J connectivity index is 1.83. The molecule has 0 aromatic carbocycles. The van der Waals surface area contributed by atoms with Gasteiger partial charge in [-0.1, -0.05) is 23.2 Å². The molecule has 1 heterocycles. The molecule has 1 aromatic rings. The molecule has 5 heteroatoms. The van der Waals surface area contributed by atoms with Crippen molar-refractivity contribution in [1.29, 1.82) is 0 Å². The van der Waals surface area contributed by atoms with Gasteiger partial charge < -0.3 is 10.0 Å². The predicted molar refractivity (Wildman–Crippen MR) is 74.2 cm³/mol. The summed E-state index contributed by atoms with van der Waals surface area (Å²) in [5.74, 6) is 0.514. The fourth-order valence-electron chi connectivity index (χ4n) is 2.02. The van der Waals surface area contributed by atoms with E-state index in [1.807, 2.05) is 7.05 Å². The quantitative estimate of drug-likeness (QED) is 0.874. The molecule has 0 spiro atoms. The van der Waals surface area contributed by atoms with Gasteiger partial charge >= 0.3 is 0 Å². The zero-order valence-electron chi connectivity index (χ0n) is 10.4. The van der Waals surface area contributed by atoms with E-state index >= 15 is 0 Å². The van der Waals surface area contributed by atoms with Crippen LogP contribution in [0.4, 0.5) is 0 Å². The SMILES string of the molecule is CN(CCc1c(Cl)cncc1Cl)CC(O)C1CC1. The first-order valence-electron chi connectivity index (χ1n) is 6.22. The topological polar surface area (TPSA) is 36.4 Å². The van der Waals surface area contributed by atoms with Crippen LogP contribution in [0.2, 0.25) is 10.0 Å². The lowest BCUT2D eigenvalue weighted by Gasteiger charge is -2.20. The van der Waals surface area contributed by atoms with Crippen molar-refractivity contribution in [2.75, 3.05) is 20.1 Å². The molecule has 1 N–H and O–H groups in total. The zero-order chi connectivity index (χ0) is 13.1. The standard InChI is InChI=1S/C13H18Cl2N2O/c1-17(8-13(18)9-2-3-9)5-4-10-11(14)6-16-7-12(10)15/h6-7,9,13,18H,2-5,8H2,1H3. The molecular formula is C13H18Cl2N2O. The van der Waals surface area contributed by atoms with Crippen molar-refractivity contribution in [3.05, 3.63) is 28.0 Å². The summed E-state index contributed by atoms with van der Waals surface area (Å²) in [6.45, 7) is 1.54. The fraction of sp³-hybridized carbons (Fsp3) is 0.615. The van der Waals surface area contributed by atoms with Crippen LogP contribution in [0.3, 0.4) is 0 Å². The highest BCUT2D eigenvalue weighted by molar-refractivity contribution is 6.35. The monoisotopic (exact) mass is 288 g/mol. The predicted octanol–water partition coefficient (Wildman–Crippen LogP) is 2.63. The third kappa shape index (κ3) is 3.82. The van der Waals surface area contributed by atoms with Gasteiger partial charge in [0.2, 0.25) is 0 Å². The third-order valence-corrected chi connectivity index (χ3v) is 4.01. The van der Waals surface area contributed by atoms with Gasteiger partial charge in [0.1, 0.15) is 0 Å². The average Bonchev–Trinajstić information content (AvgIpc) is 3.12. The maximum Gasteiger partial charge on any atom is 0.0695 e. The van der Waals surface area contributed by atoms with Crippen LogP contribution in [-0.4, -0.2) is 41.2 Å². The summed E-state index contributed by atoms with van der Waals surface area (Å²) in [5, 5.41) is 11.1. The van der Waals surface area contributed by atoms with E-state index in [0.717, 1.165) is 31.4 Å². The second-order valence-corrected chi connectivity index (χ2v) is 5.81. The highest BCUT2D eigenvalue weighted by atomic mass is 35.5. The van der Waals surface area contributed by atoms with Gasteiger partial charge in [-0.05, 0) is 37.8 Å². The normalized spacial score (nSPS) is 17.2. The summed E-state index contributed by atoms with van der Waals surface area (Å²) in [6, 6.07) is 0. The van der Waals surface area contributed by atoms with E-state index in [1.165, 1.54) is 0 Å². The minimum absolute atomic E-state index is 0.196. The first-order valence-corrected chi connectivity index (χ1v) is 6.98. The van der Waals surface area contributed by atoms with Crippen LogP contribution in [0.5, 0.6) is 0 Å². The maximum absolute atomic E-state index is 9.86. The summed E-state index contributed by atoms with van der Waals surface area (Å²) in [7, 11) is 2.01. The Morgan fingerprint density at radius 2 is 2.00 bits per heavy atom. The van der Waals surface area contributed by atoms with Gasteiger partial charge in [0.15, 0.2) is 0 Å². The Bertz CT molecular complexity index is 390. The van der Waals surface area contributed by atoms with Crippen LogP contribution in [0.15, 0.2) is 12.4 Å². The number of aromatic nitrogens is 1. The Morgan fingerprint density at radius 1 is 1.39 bits per heavy atom. The van der Waals surface area contributed by atoms with Gasteiger partial charge in [0, 0.05) is 25.5 Å². The molecular weight excluding hydrogens is 271 g/mol. The highest BCUT2D eigenvalue weighted by Gasteiger charge is 2.30. The van der Waals surface area contributed by atoms with E-state index in [0.29, 0.717) is 22.5 Å². The van der Waals surface area contributed by atoms with Crippen molar-refractivity contribution in [3.8, 4) is 0 Å². The maximum atomic E-state index is 9.86. The molecule has 1 aromatic heterocycles. The Kier molecular flexibility index (Phi) is 4.84. The van der Waals surface area contributed by atoms with Gasteiger partial charge in [-0.2, -0.15) is 0 Å². The lowest BCUT2D eigenvalue weighted by atomic mass is 10.1. The lowest BCUT2D eigenvalue weighted by molar-refractivity contribution is 0.107. The summed E-state index contributed by atoms with van der Waals surface area (Å²) >= 11 is 12.1. The molecule has 0 amide bonds. The Hall–Kier alpha value is -0.350. The number of rotatable bonds is 6. The molecule has 2 rings (SSSR count). The average molecular weight is 289 g/mol. The molecule has 1 unspecified atom stereocenters. The number of pyridine rings is 1. The smallest absolute Gasteiger partial charge is 0.0695 e. The number of nitrogens with zero attached hydrogens (tertiary/aromatic N) is 2. The number of aliphatic hydroxyl groups excluding tert-OH is 1. The molecule has 18 heavy (non-hydrogen) atoms. The number of likely N-dealkylation sites (N-methyl/N-ethyl adjacent to an activating group) is 1. The second kappa shape index (κ2) is 6.20. The van der Waals surface area contributed by atoms with E-state index in [1.54, 1.807) is 12.4 Å². The minimum atomic E-state index is -0.196.